The Morgan fingerprint density at radius 3 is 2.87 bits per heavy atom. The van der Waals surface area contributed by atoms with Gasteiger partial charge in [-0.05, 0) is 6.42 Å². The first-order chi connectivity index (χ1) is 7.09. The molecule has 0 unspecified atom stereocenters. The van der Waals surface area contributed by atoms with Crippen LogP contribution in [0.15, 0.2) is 10.6 Å². The second kappa shape index (κ2) is 5.35. The van der Waals surface area contributed by atoms with Crippen LogP contribution in [0.1, 0.15) is 23.4 Å². The van der Waals surface area contributed by atoms with Gasteiger partial charge in [-0.1, -0.05) is 16.8 Å². The molecular weight excluding hydrogens is 224 g/mol. The molecule has 0 saturated carbocycles. The molecule has 0 spiro atoms. The standard InChI is InChI=1S/C8H9ClN2O4/c9-6-4-5(15-11-6)8(14)10-3-1-2-7(12)13/h4H,1-3H2,(H,10,14)(H,12,13). The summed E-state index contributed by atoms with van der Waals surface area (Å²) in [6, 6.07) is 1.29. The number of amides is 1. The summed E-state index contributed by atoms with van der Waals surface area (Å²) in [7, 11) is 0. The van der Waals surface area contributed by atoms with Crippen molar-refractivity contribution in [3.63, 3.8) is 0 Å². The molecule has 0 aromatic carbocycles. The predicted octanol–water partition coefficient (Wildman–Crippen LogP) is 0.923. The summed E-state index contributed by atoms with van der Waals surface area (Å²) in [5, 5.41) is 14.2. The number of nitrogens with zero attached hydrogens (tertiary/aromatic N) is 1. The number of carboxylic acid groups (broad SMARTS) is 1. The normalized spacial score (nSPS) is 9.93. The van der Waals surface area contributed by atoms with E-state index in [1.54, 1.807) is 0 Å². The number of halogens is 1. The van der Waals surface area contributed by atoms with Crippen LogP contribution >= 0.6 is 11.6 Å². The molecule has 1 aromatic heterocycles. The second-order valence-corrected chi connectivity index (χ2v) is 3.15. The minimum Gasteiger partial charge on any atom is -0.481 e. The van der Waals surface area contributed by atoms with Gasteiger partial charge in [0.2, 0.25) is 5.76 Å². The van der Waals surface area contributed by atoms with Crippen molar-refractivity contribution >= 4 is 23.5 Å². The van der Waals surface area contributed by atoms with Crippen LogP contribution in [-0.4, -0.2) is 28.7 Å². The highest BCUT2D eigenvalue weighted by molar-refractivity contribution is 6.29. The van der Waals surface area contributed by atoms with Gasteiger partial charge in [-0.25, -0.2) is 0 Å². The molecule has 1 rings (SSSR count). The van der Waals surface area contributed by atoms with Gasteiger partial charge in [0.1, 0.15) is 0 Å². The number of carboxylic acids is 1. The van der Waals surface area contributed by atoms with E-state index in [2.05, 4.69) is 15.0 Å². The van der Waals surface area contributed by atoms with Crippen molar-refractivity contribution in [3.8, 4) is 0 Å². The second-order valence-electron chi connectivity index (χ2n) is 2.77. The molecule has 0 bridgehead atoms. The smallest absolute Gasteiger partial charge is 0.303 e. The van der Waals surface area contributed by atoms with Crippen molar-refractivity contribution in [2.75, 3.05) is 6.54 Å². The molecule has 82 valence electrons. The van der Waals surface area contributed by atoms with Crippen LogP contribution in [0.5, 0.6) is 0 Å². The van der Waals surface area contributed by atoms with Crippen LogP contribution in [0.3, 0.4) is 0 Å². The molecule has 0 atom stereocenters. The topological polar surface area (TPSA) is 92.4 Å². The van der Waals surface area contributed by atoms with Gasteiger partial charge in [0.05, 0.1) is 0 Å². The Morgan fingerprint density at radius 2 is 2.33 bits per heavy atom. The number of hydrogen-bond acceptors (Lipinski definition) is 4. The lowest BCUT2D eigenvalue weighted by molar-refractivity contribution is -0.137. The van der Waals surface area contributed by atoms with Crippen LogP contribution < -0.4 is 5.32 Å². The monoisotopic (exact) mass is 232 g/mol. The maximum absolute atomic E-state index is 11.3. The van der Waals surface area contributed by atoms with Gasteiger partial charge in [-0.3, -0.25) is 9.59 Å². The summed E-state index contributed by atoms with van der Waals surface area (Å²) in [6.45, 7) is 0.267. The Balaban J connectivity index is 2.28. The zero-order valence-electron chi connectivity index (χ0n) is 7.70. The summed E-state index contributed by atoms with van der Waals surface area (Å²) in [6.07, 6.45) is 0.375. The molecule has 7 heteroatoms. The fraction of sp³-hybridized carbons (Fsp3) is 0.375. The fourth-order valence-corrected chi connectivity index (χ4v) is 1.02. The summed E-state index contributed by atoms with van der Waals surface area (Å²) in [5.74, 6) is -1.35. The first-order valence-corrected chi connectivity index (χ1v) is 4.59. The van der Waals surface area contributed by atoms with E-state index in [0.29, 0.717) is 6.42 Å². The van der Waals surface area contributed by atoms with Crippen LogP contribution in [0.4, 0.5) is 0 Å². The Hall–Kier alpha value is -1.56. The Kier molecular flexibility index (Phi) is 4.11. The SMILES string of the molecule is O=C(O)CCCNC(=O)c1cc(Cl)no1. The highest BCUT2D eigenvalue weighted by Crippen LogP contribution is 2.08. The zero-order valence-corrected chi connectivity index (χ0v) is 8.45. The third-order valence-electron chi connectivity index (χ3n) is 1.56. The van der Waals surface area contributed by atoms with E-state index in [1.165, 1.54) is 6.07 Å². The van der Waals surface area contributed by atoms with Gasteiger partial charge < -0.3 is 14.9 Å². The van der Waals surface area contributed by atoms with E-state index in [9.17, 15) is 9.59 Å². The van der Waals surface area contributed by atoms with Crippen molar-refractivity contribution in [1.29, 1.82) is 0 Å². The third-order valence-corrected chi connectivity index (χ3v) is 1.74. The summed E-state index contributed by atoms with van der Waals surface area (Å²) < 4.78 is 4.59. The highest BCUT2D eigenvalue weighted by Gasteiger charge is 2.11. The van der Waals surface area contributed by atoms with Gasteiger partial charge in [-0.2, -0.15) is 0 Å². The zero-order chi connectivity index (χ0) is 11.3. The van der Waals surface area contributed by atoms with E-state index < -0.39 is 11.9 Å². The molecule has 0 aliphatic heterocycles. The lowest BCUT2D eigenvalue weighted by atomic mass is 10.3. The average Bonchev–Trinajstić information content (AvgIpc) is 2.59. The molecular formula is C8H9ClN2O4. The number of carbonyl (C=O) groups is 2. The lowest BCUT2D eigenvalue weighted by Crippen LogP contribution is -2.24. The number of aliphatic carboxylic acids is 1. The minimum atomic E-state index is -0.896. The molecule has 1 aromatic rings. The Morgan fingerprint density at radius 1 is 1.60 bits per heavy atom. The highest BCUT2D eigenvalue weighted by atomic mass is 35.5. The van der Waals surface area contributed by atoms with Crippen LogP contribution in [0.25, 0.3) is 0 Å². The van der Waals surface area contributed by atoms with Crippen LogP contribution in [0.2, 0.25) is 5.15 Å². The molecule has 0 fully saturated rings. The maximum atomic E-state index is 11.3. The largest absolute Gasteiger partial charge is 0.481 e. The molecule has 1 amide bonds. The molecule has 2 N–H and O–H groups in total. The fourth-order valence-electron chi connectivity index (χ4n) is 0.889. The molecule has 0 aliphatic rings. The molecule has 0 aliphatic carbocycles. The molecule has 0 saturated heterocycles. The Bertz CT molecular complexity index is 363. The number of carbonyl (C=O) groups excluding carboxylic acids is 1. The first-order valence-electron chi connectivity index (χ1n) is 4.22. The molecule has 15 heavy (non-hydrogen) atoms. The van der Waals surface area contributed by atoms with E-state index in [-0.39, 0.29) is 23.9 Å². The van der Waals surface area contributed by atoms with Gasteiger partial charge >= 0.3 is 5.97 Å². The van der Waals surface area contributed by atoms with E-state index in [4.69, 9.17) is 16.7 Å². The van der Waals surface area contributed by atoms with Crippen molar-refractivity contribution in [3.05, 3.63) is 17.0 Å². The molecule has 6 nitrogen and oxygen atoms in total. The molecule has 0 radical (unpaired) electrons. The lowest BCUT2D eigenvalue weighted by Gasteiger charge is -1.99. The summed E-state index contributed by atoms with van der Waals surface area (Å²) in [4.78, 5) is 21.4. The summed E-state index contributed by atoms with van der Waals surface area (Å²) in [5.41, 5.74) is 0. The van der Waals surface area contributed by atoms with Crippen molar-refractivity contribution in [2.45, 2.75) is 12.8 Å². The Labute approximate surface area is 90.2 Å². The van der Waals surface area contributed by atoms with Gasteiger partial charge in [0.25, 0.3) is 5.91 Å². The van der Waals surface area contributed by atoms with Gasteiger partial charge in [-0.15, -0.1) is 0 Å². The van der Waals surface area contributed by atoms with Crippen molar-refractivity contribution in [2.24, 2.45) is 0 Å². The average molecular weight is 233 g/mol. The van der Waals surface area contributed by atoms with E-state index in [1.807, 2.05) is 0 Å². The van der Waals surface area contributed by atoms with Gasteiger partial charge in [0, 0.05) is 19.0 Å². The van der Waals surface area contributed by atoms with Crippen molar-refractivity contribution < 1.29 is 19.2 Å². The van der Waals surface area contributed by atoms with Crippen molar-refractivity contribution in [1.82, 2.24) is 10.5 Å². The van der Waals surface area contributed by atoms with Crippen LogP contribution in [0, 0.1) is 0 Å². The van der Waals surface area contributed by atoms with E-state index in [0.717, 1.165) is 0 Å². The predicted molar refractivity (Wildman–Crippen MR) is 50.7 cm³/mol. The number of aromatic nitrogens is 1. The van der Waals surface area contributed by atoms with E-state index >= 15 is 0 Å². The first kappa shape index (κ1) is 11.5. The number of rotatable bonds is 5. The number of hydrogen-bond donors (Lipinski definition) is 2. The number of nitrogens with one attached hydrogen (secondary N) is 1. The summed E-state index contributed by atoms with van der Waals surface area (Å²) >= 11 is 5.44. The molecule has 1 heterocycles. The quantitative estimate of drug-likeness (QED) is 0.737. The van der Waals surface area contributed by atoms with Crippen LogP contribution in [-0.2, 0) is 4.79 Å². The minimum absolute atomic E-state index is 0.00956. The van der Waals surface area contributed by atoms with Gasteiger partial charge in [0.15, 0.2) is 5.15 Å². The maximum Gasteiger partial charge on any atom is 0.303 e. The third kappa shape index (κ3) is 3.99.